The molecule has 0 fully saturated rings. The van der Waals surface area contributed by atoms with E-state index in [0.29, 0.717) is 5.92 Å². The third-order valence-electron chi connectivity index (χ3n) is 1.46. The largest absolute Gasteiger partial charge is 0.469 e. The summed E-state index contributed by atoms with van der Waals surface area (Å²) >= 11 is 0. The number of rotatable bonds is 4. The molecular formula is C6H16BNO2. The van der Waals surface area contributed by atoms with Gasteiger partial charge in [-0.1, -0.05) is 13.8 Å². The molecule has 0 saturated heterocycles. The summed E-state index contributed by atoms with van der Waals surface area (Å²) in [4.78, 5) is 0. The first-order valence-corrected chi connectivity index (χ1v) is 3.61. The third kappa shape index (κ3) is 3.87. The first-order valence-electron chi connectivity index (χ1n) is 3.61. The van der Waals surface area contributed by atoms with Gasteiger partial charge in [0.2, 0.25) is 0 Å². The molecule has 60 valence electrons. The topological polar surface area (TPSA) is 52.5 Å². The second-order valence-electron chi connectivity index (χ2n) is 2.94. The maximum absolute atomic E-state index is 8.75. The average Bonchev–Trinajstić information content (AvgIpc) is 1.81. The standard InChI is InChI=1S/C6H16BNO2/c1-5(2)4-6(8-3)7(9)10/h5-6,8-10H,4H2,1-3H3/t6-/m0/s1. The number of hydrogen-bond donors (Lipinski definition) is 3. The highest BCUT2D eigenvalue weighted by atomic mass is 16.4. The fourth-order valence-electron chi connectivity index (χ4n) is 0.897. The van der Waals surface area contributed by atoms with Crippen LogP contribution < -0.4 is 5.32 Å². The summed E-state index contributed by atoms with van der Waals surface area (Å²) in [5.74, 6) is 0.291. The summed E-state index contributed by atoms with van der Waals surface area (Å²) < 4.78 is 0. The van der Waals surface area contributed by atoms with Crippen molar-refractivity contribution in [3.05, 3.63) is 0 Å². The van der Waals surface area contributed by atoms with Crippen LogP contribution in [-0.4, -0.2) is 30.2 Å². The van der Waals surface area contributed by atoms with Crippen LogP contribution in [0.15, 0.2) is 0 Å². The fraction of sp³-hybridized carbons (Fsp3) is 1.00. The molecule has 0 aromatic rings. The minimum absolute atomic E-state index is 0.194. The van der Waals surface area contributed by atoms with E-state index in [1.54, 1.807) is 7.05 Å². The molecule has 4 heteroatoms. The third-order valence-corrected chi connectivity index (χ3v) is 1.46. The maximum atomic E-state index is 8.75. The highest BCUT2D eigenvalue weighted by Gasteiger charge is 2.21. The minimum Gasteiger partial charge on any atom is -0.426 e. The molecule has 0 saturated carbocycles. The van der Waals surface area contributed by atoms with Crippen molar-refractivity contribution in [1.29, 1.82) is 0 Å². The Hall–Kier alpha value is -0.0551. The van der Waals surface area contributed by atoms with Crippen molar-refractivity contribution in [2.24, 2.45) is 5.92 Å². The van der Waals surface area contributed by atoms with Crippen LogP contribution in [0.3, 0.4) is 0 Å². The lowest BCUT2D eigenvalue weighted by atomic mass is 9.75. The lowest BCUT2D eigenvalue weighted by Gasteiger charge is -2.16. The Morgan fingerprint density at radius 1 is 1.40 bits per heavy atom. The maximum Gasteiger partial charge on any atom is 0.469 e. The average molecular weight is 145 g/mol. The predicted molar refractivity (Wildman–Crippen MR) is 42.5 cm³/mol. The molecule has 0 aliphatic rings. The molecule has 0 unspecified atom stereocenters. The van der Waals surface area contributed by atoms with E-state index in [1.807, 2.05) is 13.8 Å². The fourth-order valence-corrected chi connectivity index (χ4v) is 0.897. The van der Waals surface area contributed by atoms with E-state index < -0.39 is 7.12 Å². The van der Waals surface area contributed by atoms with Gasteiger partial charge in [-0.2, -0.15) is 0 Å². The molecule has 0 aromatic heterocycles. The summed E-state index contributed by atoms with van der Waals surface area (Å²) in [7, 11) is 0.486. The molecule has 3 nitrogen and oxygen atoms in total. The normalized spacial score (nSPS) is 13.8. The minimum atomic E-state index is -1.24. The van der Waals surface area contributed by atoms with E-state index >= 15 is 0 Å². The van der Waals surface area contributed by atoms with Gasteiger partial charge in [0.05, 0.1) is 0 Å². The highest BCUT2D eigenvalue weighted by molar-refractivity contribution is 6.43. The molecular weight excluding hydrogens is 129 g/mol. The monoisotopic (exact) mass is 145 g/mol. The molecule has 0 radical (unpaired) electrons. The zero-order chi connectivity index (χ0) is 8.15. The second-order valence-corrected chi connectivity index (χ2v) is 2.94. The molecule has 10 heavy (non-hydrogen) atoms. The van der Waals surface area contributed by atoms with Gasteiger partial charge in [0.15, 0.2) is 0 Å². The predicted octanol–water partition coefficient (Wildman–Crippen LogP) is -0.367. The van der Waals surface area contributed by atoms with Crippen molar-refractivity contribution in [1.82, 2.24) is 5.32 Å². The lowest BCUT2D eigenvalue weighted by Crippen LogP contribution is -2.42. The van der Waals surface area contributed by atoms with E-state index in [9.17, 15) is 0 Å². The molecule has 0 amide bonds. The number of nitrogens with one attached hydrogen (secondary N) is 1. The van der Waals surface area contributed by atoms with Crippen molar-refractivity contribution in [2.45, 2.75) is 26.2 Å². The Balaban J connectivity index is 3.60. The summed E-state index contributed by atoms with van der Waals surface area (Å²) in [6.45, 7) is 4.10. The van der Waals surface area contributed by atoms with Gasteiger partial charge < -0.3 is 15.4 Å². The molecule has 0 spiro atoms. The highest BCUT2D eigenvalue weighted by Crippen LogP contribution is 2.04. The molecule has 0 aromatic carbocycles. The van der Waals surface area contributed by atoms with Crippen LogP contribution in [0.2, 0.25) is 0 Å². The van der Waals surface area contributed by atoms with Crippen LogP contribution in [0.25, 0.3) is 0 Å². The van der Waals surface area contributed by atoms with E-state index in [-0.39, 0.29) is 5.94 Å². The van der Waals surface area contributed by atoms with Crippen LogP contribution >= 0.6 is 0 Å². The van der Waals surface area contributed by atoms with Gasteiger partial charge >= 0.3 is 7.12 Å². The smallest absolute Gasteiger partial charge is 0.426 e. The van der Waals surface area contributed by atoms with Crippen LogP contribution in [0.1, 0.15) is 20.3 Å². The van der Waals surface area contributed by atoms with Gasteiger partial charge in [-0.3, -0.25) is 0 Å². The van der Waals surface area contributed by atoms with Gasteiger partial charge in [0, 0.05) is 5.94 Å². The van der Waals surface area contributed by atoms with E-state index in [0.717, 1.165) is 6.42 Å². The first kappa shape index (κ1) is 9.94. The molecule has 1 atom stereocenters. The summed E-state index contributed by atoms with van der Waals surface area (Å²) in [6.07, 6.45) is 0.786. The molecule has 0 heterocycles. The van der Waals surface area contributed by atoms with E-state index in [1.165, 1.54) is 0 Å². The Morgan fingerprint density at radius 2 is 1.90 bits per heavy atom. The summed E-state index contributed by atoms with van der Waals surface area (Å²) in [6, 6.07) is 0. The van der Waals surface area contributed by atoms with Crippen LogP contribution in [0, 0.1) is 5.92 Å². The zero-order valence-corrected chi connectivity index (χ0v) is 6.83. The van der Waals surface area contributed by atoms with Crippen molar-refractivity contribution in [2.75, 3.05) is 7.05 Å². The van der Waals surface area contributed by atoms with Gasteiger partial charge in [0.25, 0.3) is 0 Å². The second kappa shape index (κ2) is 4.71. The number of hydrogen-bond acceptors (Lipinski definition) is 3. The van der Waals surface area contributed by atoms with Crippen molar-refractivity contribution < 1.29 is 10.0 Å². The zero-order valence-electron chi connectivity index (χ0n) is 6.83. The Morgan fingerprint density at radius 3 is 2.00 bits per heavy atom. The van der Waals surface area contributed by atoms with Crippen molar-refractivity contribution >= 4 is 7.12 Å². The Bertz CT molecular complexity index is 87.8. The van der Waals surface area contributed by atoms with Gasteiger partial charge in [-0.25, -0.2) is 0 Å². The van der Waals surface area contributed by atoms with Crippen LogP contribution in [0.4, 0.5) is 0 Å². The molecule has 0 rings (SSSR count). The van der Waals surface area contributed by atoms with E-state index in [4.69, 9.17) is 10.0 Å². The lowest BCUT2D eigenvalue weighted by molar-refractivity contribution is 0.356. The van der Waals surface area contributed by atoms with Crippen LogP contribution in [0.5, 0.6) is 0 Å². The summed E-state index contributed by atoms with van der Waals surface area (Å²) in [5, 5.41) is 20.3. The molecule has 0 aliphatic carbocycles. The van der Waals surface area contributed by atoms with Crippen molar-refractivity contribution in [3.8, 4) is 0 Å². The van der Waals surface area contributed by atoms with E-state index in [2.05, 4.69) is 5.32 Å². The van der Waals surface area contributed by atoms with Crippen molar-refractivity contribution in [3.63, 3.8) is 0 Å². The summed E-state index contributed by atoms with van der Waals surface area (Å²) in [5.41, 5.74) is 0. The molecule has 3 N–H and O–H groups in total. The SMILES string of the molecule is CN[C@@H](CC(C)C)B(O)O. The molecule has 0 bridgehead atoms. The Kier molecular flexibility index (Phi) is 4.69. The molecule has 0 aliphatic heterocycles. The van der Waals surface area contributed by atoms with Gasteiger partial charge in [-0.15, -0.1) is 0 Å². The first-order chi connectivity index (χ1) is 4.57. The Labute approximate surface area is 62.6 Å². The van der Waals surface area contributed by atoms with Gasteiger partial charge in [0.1, 0.15) is 0 Å². The van der Waals surface area contributed by atoms with Crippen LogP contribution in [-0.2, 0) is 0 Å². The van der Waals surface area contributed by atoms with Gasteiger partial charge in [-0.05, 0) is 19.4 Å². The quantitative estimate of drug-likeness (QED) is 0.473.